The minimum Gasteiger partial charge on any atom is -0.369 e. The van der Waals surface area contributed by atoms with Gasteiger partial charge in [-0.15, -0.1) is 12.4 Å². The highest BCUT2D eigenvalue weighted by Gasteiger charge is 2.25. The number of aromatic nitrogens is 4. The maximum absolute atomic E-state index is 13.5. The van der Waals surface area contributed by atoms with Gasteiger partial charge >= 0.3 is 0 Å². The molecule has 36 heavy (non-hydrogen) atoms. The lowest BCUT2D eigenvalue weighted by Crippen LogP contribution is -2.56. The normalized spacial score (nSPS) is 16.9. The van der Waals surface area contributed by atoms with Gasteiger partial charge in [-0.1, -0.05) is 12.2 Å². The highest BCUT2D eigenvalue weighted by atomic mass is 35.5. The van der Waals surface area contributed by atoms with Gasteiger partial charge in [-0.25, -0.2) is 13.5 Å². The van der Waals surface area contributed by atoms with Gasteiger partial charge in [-0.3, -0.25) is 4.90 Å². The molecule has 4 heterocycles. The van der Waals surface area contributed by atoms with Crippen molar-refractivity contribution in [1.29, 1.82) is 0 Å². The summed E-state index contributed by atoms with van der Waals surface area (Å²) in [6.45, 7) is 7.30. The van der Waals surface area contributed by atoms with E-state index >= 15 is 0 Å². The first-order valence-corrected chi connectivity index (χ1v) is 11.7. The van der Waals surface area contributed by atoms with Crippen LogP contribution in [0, 0.1) is 18.6 Å². The van der Waals surface area contributed by atoms with Crippen LogP contribution in [-0.4, -0.2) is 76.5 Å². The van der Waals surface area contributed by atoms with Crippen molar-refractivity contribution < 1.29 is 8.78 Å². The quantitative estimate of drug-likeness (QED) is 0.513. The van der Waals surface area contributed by atoms with E-state index in [9.17, 15) is 8.78 Å². The van der Waals surface area contributed by atoms with Crippen LogP contribution >= 0.6 is 12.4 Å². The molecule has 4 N–H and O–H groups in total. The predicted molar refractivity (Wildman–Crippen MR) is 140 cm³/mol. The molecule has 0 atom stereocenters. The average molecular weight is 518 g/mol. The molecule has 0 aliphatic carbocycles. The minimum absolute atomic E-state index is 0. The van der Waals surface area contributed by atoms with E-state index in [1.807, 2.05) is 24.0 Å². The smallest absolute Gasteiger partial charge is 0.224 e. The molecule has 2 fully saturated rings. The maximum Gasteiger partial charge on any atom is 0.224 e. The second-order valence-corrected chi connectivity index (χ2v) is 9.02. The summed E-state index contributed by atoms with van der Waals surface area (Å²) < 4.78 is 28.8. The molecule has 0 saturated carbocycles. The fourth-order valence-corrected chi connectivity index (χ4v) is 4.47. The predicted octanol–water partition coefficient (Wildman–Crippen LogP) is 2.24. The molecule has 2 aromatic heterocycles. The number of benzene rings is 1. The summed E-state index contributed by atoms with van der Waals surface area (Å²) >= 11 is 0. The summed E-state index contributed by atoms with van der Waals surface area (Å²) in [5.41, 5.74) is 14.4. The van der Waals surface area contributed by atoms with Crippen LogP contribution in [-0.2, 0) is 0 Å². The Morgan fingerprint density at radius 1 is 0.972 bits per heavy atom. The molecule has 2 saturated heterocycles. The summed E-state index contributed by atoms with van der Waals surface area (Å²) in [4.78, 5) is 15.1. The van der Waals surface area contributed by atoms with Gasteiger partial charge in [-0.05, 0) is 19.1 Å². The standard InChI is InChI=1S/C24H29F2N9.ClH/c1-16-17(13-29-35(16)23-12-22(30-24(28)31-23)34-14-20(27)15-34)3-2-4-32-5-7-33(8-6-32)21-10-18(25)9-19(26)11-21;/h2-3,9-13,20H,4-8,14-15,27H2,1H3,(H2,28,30,31);1H/b3-2+;. The monoisotopic (exact) mass is 517 g/mol. The molecule has 12 heteroatoms. The molecule has 0 amide bonds. The third-order valence-corrected chi connectivity index (χ3v) is 6.46. The van der Waals surface area contributed by atoms with E-state index in [0.717, 1.165) is 55.9 Å². The van der Waals surface area contributed by atoms with Gasteiger partial charge in [0.1, 0.15) is 17.5 Å². The summed E-state index contributed by atoms with van der Waals surface area (Å²) in [7, 11) is 0. The van der Waals surface area contributed by atoms with Gasteiger partial charge in [-0.2, -0.15) is 15.1 Å². The number of nitrogens with two attached hydrogens (primary N) is 2. The van der Waals surface area contributed by atoms with E-state index in [1.54, 1.807) is 10.9 Å². The molecule has 192 valence electrons. The lowest BCUT2D eigenvalue weighted by atomic mass is 10.1. The third kappa shape index (κ3) is 5.58. The fourth-order valence-electron chi connectivity index (χ4n) is 4.47. The van der Waals surface area contributed by atoms with Crippen LogP contribution < -0.4 is 21.3 Å². The van der Waals surface area contributed by atoms with Crippen molar-refractivity contribution in [2.24, 2.45) is 5.73 Å². The maximum atomic E-state index is 13.5. The number of anilines is 3. The Hall–Kier alpha value is -3.28. The molecule has 3 aromatic rings. The zero-order chi connectivity index (χ0) is 24.5. The molecule has 0 unspecified atom stereocenters. The topological polar surface area (TPSA) is 105 Å². The molecule has 9 nitrogen and oxygen atoms in total. The molecular weight excluding hydrogens is 488 g/mol. The fraction of sp³-hybridized carbons (Fsp3) is 0.375. The van der Waals surface area contributed by atoms with E-state index < -0.39 is 11.6 Å². The molecule has 2 aliphatic heterocycles. The van der Waals surface area contributed by atoms with Crippen LogP contribution in [0.2, 0.25) is 0 Å². The molecule has 5 rings (SSSR count). The van der Waals surface area contributed by atoms with Gasteiger partial charge in [0.15, 0.2) is 5.82 Å². The Labute approximate surface area is 214 Å². The zero-order valence-electron chi connectivity index (χ0n) is 20.0. The molecule has 0 spiro atoms. The number of hydrogen-bond acceptors (Lipinski definition) is 8. The number of nitrogen functional groups attached to an aromatic ring is 1. The van der Waals surface area contributed by atoms with Crippen molar-refractivity contribution in [3.8, 4) is 5.82 Å². The van der Waals surface area contributed by atoms with Crippen LogP contribution in [0.3, 0.4) is 0 Å². The average Bonchev–Trinajstić information content (AvgIpc) is 3.16. The third-order valence-electron chi connectivity index (χ3n) is 6.46. The van der Waals surface area contributed by atoms with E-state index in [0.29, 0.717) is 24.6 Å². The van der Waals surface area contributed by atoms with Crippen LogP contribution in [0.1, 0.15) is 11.3 Å². The number of nitrogens with zero attached hydrogens (tertiary/aromatic N) is 7. The second kappa shape index (κ2) is 10.8. The highest BCUT2D eigenvalue weighted by molar-refractivity contribution is 5.85. The lowest BCUT2D eigenvalue weighted by molar-refractivity contribution is 0.284. The van der Waals surface area contributed by atoms with Crippen molar-refractivity contribution >= 4 is 35.9 Å². The summed E-state index contributed by atoms with van der Waals surface area (Å²) in [6, 6.07) is 5.69. The van der Waals surface area contributed by atoms with Crippen molar-refractivity contribution in [1.82, 2.24) is 24.6 Å². The molecule has 0 radical (unpaired) electrons. The summed E-state index contributed by atoms with van der Waals surface area (Å²) in [6.07, 6.45) is 5.96. The van der Waals surface area contributed by atoms with Crippen LogP contribution in [0.4, 0.5) is 26.2 Å². The van der Waals surface area contributed by atoms with Crippen molar-refractivity contribution in [2.45, 2.75) is 13.0 Å². The van der Waals surface area contributed by atoms with Crippen LogP contribution in [0.25, 0.3) is 11.9 Å². The van der Waals surface area contributed by atoms with Gasteiger partial charge in [0.2, 0.25) is 5.95 Å². The van der Waals surface area contributed by atoms with E-state index in [2.05, 4.69) is 30.9 Å². The number of rotatable bonds is 6. The summed E-state index contributed by atoms with van der Waals surface area (Å²) in [5.74, 6) is 0.472. The van der Waals surface area contributed by atoms with Crippen molar-refractivity contribution in [3.63, 3.8) is 0 Å². The van der Waals surface area contributed by atoms with Gasteiger partial charge in [0.05, 0.1) is 11.9 Å². The Bertz CT molecular complexity index is 1210. The Kier molecular flexibility index (Phi) is 7.72. The highest BCUT2D eigenvalue weighted by Crippen LogP contribution is 2.23. The first-order valence-electron chi connectivity index (χ1n) is 11.7. The number of hydrogen-bond donors (Lipinski definition) is 2. The minimum atomic E-state index is -0.549. The Morgan fingerprint density at radius 2 is 1.64 bits per heavy atom. The van der Waals surface area contributed by atoms with Crippen molar-refractivity contribution in [3.05, 3.63) is 59.4 Å². The Morgan fingerprint density at radius 3 is 2.31 bits per heavy atom. The number of halogens is 3. The molecular formula is C24H30ClF2N9. The first kappa shape index (κ1) is 25.8. The van der Waals surface area contributed by atoms with Crippen LogP contribution in [0.5, 0.6) is 0 Å². The van der Waals surface area contributed by atoms with E-state index in [4.69, 9.17) is 11.5 Å². The number of piperazine rings is 1. The van der Waals surface area contributed by atoms with Gasteiger partial charge in [0.25, 0.3) is 0 Å². The second-order valence-electron chi connectivity index (χ2n) is 9.02. The molecule has 2 aliphatic rings. The van der Waals surface area contributed by atoms with Crippen molar-refractivity contribution in [2.75, 3.05) is 61.3 Å². The molecule has 1 aromatic carbocycles. The Balaban J connectivity index is 0.00000304. The SMILES string of the molecule is Cc1c(/C=C/CN2CCN(c3cc(F)cc(F)c3)CC2)cnn1-c1cc(N2CC(N)C2)nc(N)n1.Cl. The first-order chi connectivity index (χ1) is 16.9. The molecule has 0 bridgehead atoms. The largest absolute Gasteiger partial charge is 0.369 e. The summed E-state index contributed by atoms with van der Waals surface area (Å²) in [5, 5.41) is 4.50. The van der Waals surface area contributed by atoms with Gasteiger partial charge in [0, 0.05) is 75.2 Å². The van der Waals surface area contributed by atoms with Crippen LogP contribution in [0.15, 0.2) is 36.5 Å². The van der Waals surface area contributed by atoms with Gasteiger partial charge < -0.3 is 21.3 Å². The van der Waals surface area contributed by atoms with E-state index in [-0.39, 0.29) is 24.4 Å². The lowest BCUT2D eigenvalue weighted by Gasteiger charge is -2.37. The zero-order valence-corrected chi connectivity index (χ0v) is 20.8. The van der Waals surface area contributed by atoms with E-state index in [1.165, 1.54) is 12.1 Å².